The van der Waals surface area contributed by atoms with Crippen LogP contribution in [0.3, 0.4) is 0 Å². The van der Waals surface area contributed by atoms with Gasteiger partial charge in [0.1, 0.15) is 10.7 Å². The number of furan rings is 1. The molecule has 0 spiro atoms. The standard InChI is InChI=1S/C12H17N3O3/c16-15(17)12-4-3-10(18-12)7-14-6-9-2-1-5-13-11(9)8-14/h3-4,9,11,13H,1-2,5-8H2/t9-,11+/m0/s1. The maximum absolute atomic E-state index is 10.5. The SMILES string of the molecule is O=[N+]([O-])c1ccc(CN2C[C@@H]3CCCN[C@@H]3C2)o1. The van der Waals surface area contributed by atoms with Gasteiger partial charge in [-0.1, -0.05) is 0 Å². The molecule has 0 saturated carbocycles. The Hall–Kier alpha value is -1.40. The molecule has 6 nitrogen and oxygen atoms in total. The van der Waals surface area contributed by atoms with Crippen molar-refractivity contribution in [1.82, 2.24) is 10.2 Å². The second kappa shape index (κ2) is 4.70. The molecule has 2 fully saturated rings. The van der Waals surface area contributed by atoms with E-state index in [1.807, 2.05) is 0 Å². The molecule has 1 N–H and O–H groups in total. The third kappa shape index (κ3) is 2.26. The van der Waals surface area contributed by atoms with Gasteiger partial charge in [0, 0.05) is 19.1 Å². The zero-order valence-corrected chi connectivity index (χ0v) is 10.2. The Kier molecular flexibility index (Phi) is 3.05. The molecular formula is C12H17N3O3. The van der Waals surface area contributed by atoms with Gasteiger partial charge in [-0.05, 0) is 31.4 Å². The largest absolute Gasteiger partial charge is 0.433 e. The first-order valence-corrected chi connectivity index (χ1v) is 6.41. The van der Waals surface area contributed by atoms with Crippen LogP contribution < -0.4 is 5.32 Å². The molecule has 0 bridgehead atoms. The number of nitrogens with one attached hydrogen (secondary N) is 1. The normalized spacial score (nSPS) is 28.2. The molecule has 1 aromatic rings. The first-order chi connectivity index (χ1) is 8.72. The van der Waals surface area contributed by atoms with Crippen LogP contribution in [0.2, 0.25) is 0 Å². The number of nitrogens with zero attached hydrogens (tertiary/aromatic N) is 2. The Bertz CT molecular complexity index is 432. The molecule has 0 aliphatic carbocycles. The van der Waals surface area contributed by atoms with Crippen LogP contribution in [-0.4, -0.2) is 35.5 Å². The molecule has 2 atom stereocenters. The van der Waals surface area contributed by atoms with Crippen LogP contribution in [0.25, 0.3) is 0 Å². The summed E-state index contributed by atoms with van der Waals surface area (Å²) in [6.45, 7) is 3.86. The van der Waals surface area contributed by atoms with E-state index < -0.39 is 4.92 Å². The molecule has 1 aromatic heterocycles. The monoisotopic (exact) mass is 251 g/mol. The van der Waals surface area contributed by atoms with E-state index in [0.29, 0.717) is 18.3 Å². The van der Waals surface area contributed by atoms with Crippen molar-refractivity contribution in [2.45, 2.75) is 25.4 Å². The predicted molar refractivity (Wildman–Crippen MR) is 65.2 cm³/mol. The first-order valence-electron chi connectivity index (χ1n) is 6.41. The van der Waals surface area contributed by atoms with Crippen LogP contribution in [0.15, 0.2) is 16.5 Å². The zero-order valence-electron chi connectivity index (χ0n) is 10.2. The minimum Gasteiger partial charge on any atom is -0.404 e. The Labute approximate surface area is 105 Å². The number of likely N-dealkylation sites (tertiary alicyclic amines) is 1. The molecule has 2 aliphatic heterocycles. The fraction of sp³-hybridized carbons (Fsp3) is 0.667. The van der Waals surface area contributed by atoms with E-state index in [2.05, 4.69) is 10.2 Å². The average molecular weight is 251 g/mol. The van der Waals surface area contributed by atoms with E-state index in [0.717, 1.165) is 25.6 Å². The highest BCUT2D eigenvalue weighted by Crippen LogP contribution is 2.27. The third-order valence-electron chi connectivity index (χ3n) is 3.88. The van der Waals surface area contributed by atoms with Crippen LogP contribution in [0.4, 0.5) is 5.88 Å². The summed E-state index contributed by atoms with van der Waals surface area (Å²) in [6, 6.07) is 3.72. The van der Waals surface area contributed by atoms with Gasteiger partial charge in [0.15, 0.2) is 0 Å². The van der Waals surface area contributed by atoms with Crippen molar-refractivity contribution in [3.63, 3.8) is 0 Å². The molecule has 0 unspecified atom stereocenters. The highest BCUT2D eigenvalue weighted by atomic mass is 16.6. The lowest BCUT2D eigenvalue weighted by molar-refractivity contribution is -0.402. The summed E-state index contributed by atoms with van der Waals surface area (Å²) < 4.78 is 5.20. The Balaban J connectivity index is 1.61. The third-order valence-corrected chi connectivity index (χ3v) is 3.88. The molecule has 0 aromatic carbocycles. The summed E-state index contributed by atoms with van der Waals surface area (Å²) >= 11 is 0. The minimum atomic E-state index is -0.491. The topological polar surface area (TPSA) is 71.6 Å². The molecular weight excluding hydrogens is 234 g/mol. The van der Waals surface area contributed by atoms with Crippen molar-refractivity contribution >= 4 is 5.88 Å². The minimum absolute atomic E-state index is 0.167. The van der Waals surface area contributed by atoms with Crippen molar-refractivity contribution in [2.75, 3.05) is 19.6 Å². The summed E-state index contributed by atoms with van der Waals surface area (Å²) in [5.74, 6) is 1.24. The molecule has 3 rings (SSSR count). The number of nitro groups is 1. The zero-order chi connectivity index (χ0) is 12.5. The van der Waals surface area contributed by atoms with Crippen LogP contribution in [0.1, 0.15) is 18.6 Å². The van der Waals surface area contributed by atoms with Crippen LogP contribution >= 0.6 is 0 Å². The van der Waals surface area contributed by atoms with Crippen LogP contribution in [-0.2, 0) is 6.54 Å². The van der Waals surface area contributed by atoms with Gasteiger partial charge in [0.25, 0.3) is 0 Å². The average Bonchev–Trinajstić information content (AvgIpc) is 2.94. The van der Waals surface area contributed by atoms with E-state index in [-0.39, 0.29) is 5.88 Å². The Morgan fingerprint density at radius 2 is 2.39 bits per heavy atom. The molecule has 98 valence electrons. The van der Waals surface area contributed by atoms with Gasteiger partial charge in [-0.25, -0.2) is 0 Å². The van der Waals surface area contributed by atoms with E-state index in [1.165, 1.54) is 18.9 Å². The lowest BCUT2D eigenvalue weighted by Crippen LogP contribution is -2.40. The quantitative estimate of drug-likeness (QED) is 0.649. The number of hydrogen-bond donors (Lipinski definition) is 1. The van der Waals surface area contributed by atoms with E-state index in [4.69, 9.17) is 4.42 Å². The molecule has 0 amide bonds. The number of piperidine rings is 1. The highest BCUT2D eigenvalue weighted by molar-refractivity contribution is 5.17. The Morgan fingerprint density at radius 3 is 3.11 bits per heavy atom. The lowest BCUT2D eigenvalue weighted by Gasteiger charge is -2.24. The summed E-state index contributed by atoms with van der Waals surface area (Å²) in [6.07, 6.45) is 2.54. The molecule has 2 saturated heterocycles. The van der Waals surface area contributed by atoms with Crippen molar-refractivity contribution in [3.8, 4) is 0 Å². The lowest BCUT2D eigenvalue weighted by atomic mass is 9.94. The van der Waals surface area contributed by atoms with E-state index >= 15 is 0 Å². The van der Waals surface area contributed by atoms with Crippen molar-refractivity contribution in [2.24, 2.45) is 5.92 Å². The van der Waals surface area contributed by atoms with Gasteiger partial charge in [0.2, 0.25) is 0 Å². The fourth-order valence-corrected chi connectivity index (χ4v) is 3.04. The maximum atomic E-state index is 10.5. The molecule has 18 heavy (non-hydrogen) atoms. The van der Waals surface area contributed by atoms with Gasteiger partial charge in [-0.15, -0.1) is 0 Å². The van der Waals surface area contributed by atoms with Gasteiger partial charge < -0.3 is 9.73 Å². The molecule has 3 heterocycles. The number of fused-ring (bicyclic) bond motifs is 1. The van der Waals surface area contributed by atoms with Crippen molar-refractivity contribution < 1.29 is 9.34 Å². The highest BCUT2D eigenvalue weighted by Gasteiger charge is 2.34. The summed E-state index contributed by atoms with van der Waals surface area (Å²) in [4.78, 5) is 12.4. The summed E-state index contributed by atoms with van der Waals surface area (Å²) in [7, 11) is 0. The van der Waals surface area contributed by atoms with Gasteiger partial charge in [-0.2, -0.15) is 0 Å². The summed E-state index contributed by atoms with van der Waals surface area (Å²) in [5.41, 5.74) is 0. The molecule has 6 heteroatoms. The van der Waals surface area contributed by atoms with Crippen LogP contribution in [0.5, 0.6) is 0 Å². The Morgan fingerprint density at radius 1 is 1.50 bits per heavy atom. The number of rotatable bonds is 3. The maximum Gasteiger partial charge on any atom is 0.433 e. The fourth-order valence-electron chi connectivity index (χ4n) is 3.04. The van der Waals surface area contributed by atoms with Gasteiger partial charge >= 0.3 is 5.88 Å². The van der Waals surface area contributed by atoms with Crippen molar-refractivity contribution in [1.29, 1.82) is 0 Å². The first kappa shape index (κ1) is 11.7. The summed E-state index contributed by atoms with van der Waals surface area (Å²) in [5, 5.41) is 14.1. The van der Waals surface area contributed by atoms with Crippen LogP contribution in [0, 0.1) is 16.0 Å². The smallest absolute Gasteiger partial charge is 0.404 e. The van der Waals surface area contributed by atoms with E-state index in [1.54, 1.807) is 6.07 Å². The second-order valence-corrected chi connectivity index (χ2v) is 5.15. The predicted octanol–water partition coefficient (Wildman–Crippen LogP) is 1.37. The van der Waals surface area contributed by atoms with Gasteiger partial charge in [0.05, 0.1) is 12.6 Å². The van der Waals surface area contributed by atoms with Crippen molar-refractivity contribution in [3.05, 3.63) is 28.0 Å². The second-order valence-electron chi connectivity index (χ2n) is 5.15. The van der Waals surface area contributed by atoms with Gasteiger partial charge in [-0.3, -0.25) is 15.0 Å². The van der Waals surface area contributed by atoms with E-state index in [9.17, 15) is 10.1 Å². The number of hydrogen-bond acceptors (Lipinski definition) is 5. The molecule has 0 radical (unpaired) electrons. The molecule has 2 aliphatic rings.